The van der Waals surface area contributed by atoms with Gasteiger partial charge in [0.05, 0.1) is 5.02 Å². The van der Waals surface area contributed by atoms with Crippen LogP contribution >= 0.6 is 11.6 Å². The van der Waals surface area contributed by atoms with Crippen LogP contribution in [0.2, 0.25) is 5.02 Å². The monoisotopic (exact) mass is 343 g/mol. The summed E-state index contributed by atoms with van der Waals surface area (Å²) in [5, 5.41) is 1.88. The number of hydrogen-bond donors (Lipinski definition) is 1. The fraction of sp³-hybridized carbons (Fsp3) is 0.188. The highest BCUT2D eigenvalue weighted by Crippen LogP contribution is 2.34. The van der Waals surface area contributed by atoms with E-state index in [0.29, 0.717) is 11.3 Å². The van der Waals surface area contributed by atoms with Crippen molar-refractivity contribution < 1.29 is 22.7 Å². The maximum absolute atomic E-state index is 12.3. The quantitative estimate of drug-likeness (QED) is 0.826. The Morgan fingerprint density at radius 2 is 1.74 bits per heavy atom. The molecule has 0 fully saturated rings. The summed E-state index contributed by atoms with van der Waals surface area (Å²) in [4.78, 5) is 11.0. The zero-order valence-electron chi connectivity index (χ0n) is 12.3. The number of alkyl halides is 3. The molecule has 0 heterocycles. The lowest BCUT2D eigenvalue weighted by Gasteiger charge is -2.14. The van der Waals surface area contributed by atoms with E-state index in [0.717, 1.165) is 5.56 Å². The SMILES string of the molecule is Cc1ccc(Oc2cc(C)c(NC(=O)C(F)(F)F)cc2Cl)cc1. The van der Waals surface area contributed by atoms with Gasteiger partial charge in [-0.15, -0.1) is 0 Å². The van der Waals surface area contributed by atoms with Crippen LogP contribution in [0.1, 0.15) is 11.1 Å². The van der Waals surface area contributed by atoms with E-state index < -0.39 is 12.1 Å². The molecule has 0 unspecified atom stereocenters. The van der Waals surface area contributed by atoms with Gasteiger partial charge in [-0.2, -0.15) is 13.2 Å². The van der Waals surface area contributed by atoms with E-state index in [9.17, 15) is 18.0 Å². The van der Waals surface area contributed by atoms with E-state index in [-0.39, 0.29) is 16.5 Å². The van der Waals surface area contributed by atoms with Gasteiger partial charge in [0.1, 0.15) is 11.5 Å². The number of nitrogens with one attached hydrogen (secondary N) is 1. The number of carbonyl (C=O) groups excluding carboxylic acids is 1. The summed E-state index contributed by atoms with van der Waals surface area (Å²) in [5.41, 5.74) is 1.44. The predicted octanol–water partition coefficient (Wildman–Crippen LogP) is 5.25. The summed E-state index contributed by atoms with van der Waals surface area (Å²) in [7, 11) is 0. The van der Waals surface area contributed by atoms with E-state index >= 15 is 0 Å². The van der Waals surface area contributed by atoms with Gasteiger partial charge in [-0.3, -0.25) is 4.79 Å². The molecule has 0 aliphatic rings. The number of rotatable bonds is 3. The molecular formula is C16H13ClF3NO2. The Balaban J connectivity index is 2.23. The Kier molecular flexibility index (Phi) is 4.85. The molecule has 122 valence electrons. The first-order valence-electron chi connectivity index (χ1n) is 6.59. The second-order valence-corrected chi connectivity index (χ2v) is 5.37. The molecule has 0 aliphatic carbocycles. The normalized spacial score (nSPS) is 11.2. The highest BCUT2D eigenvalue weighted by Gasteiger charge is 2.38. The fourth-order valence-corrected chi connectivity index (χ4v) is 2.00. The van der Waals surface area contributed by atoms with Crippen molar-refractivity contribution in [2.75, 3.05) is 5.32 Å². The molecule has 0 aliphatic heterocycles. The third kappa shape index (κ3) is 4.39. The molecule has 23 heavy (non-hydrogen) atoms. The molecule has 1 N–H and O–H groups in total. The Bertz CT molecular complexity index is 727. The molecule has 7 heteroatoms. The average Bonchev–Trinajstić information content (AvgIpc) is 2.45. The molecule has 0 spiro atoms. The number of hydrogen-bond acceptors (Lipinski definition) is 2. The highest BCUT2D eigenvalue weighted by atomic mass is 35.5. The Morgan fingerprint density at radius 3 is 2.30 bits per heavy atom. The minimum Gasteiger partial charge on any atom is -0.456 e. The summed E-state index contributed by atoms with van der Waals surface area (Å²) in [6.07, 6.45) is -4.96. The van der Waals surface area contributed by atoms with Crippen molar-refractivity contribution in [3.63, 3.8) is 0 Å². The van der Waals surface area contributed by atoms with Crippen LogP contribution in [0, 0.1) is 13.8 Å². The molecular weight excluding hydrogens is 331 g/mol. The maximum Gasteiger partial charge on any atom is 0.471 e. The van der Waals surface area contributed by atoms with Gasteiger partial charge in [-0.1, -0.05) is 29.3 Å². The molecule has 0 radical (unpaired) electrons. The minimum atomic E-state index is -4.96. The van der Waals surface area contributed by atoms with Gasteiger partial charge >= 0.3 is 12.1 Å². The van der Waals surface area contributed by atoms with Gasteiger partial charge < -0.3 is 10.1 Å². The Hall–Kier alpha value is -2.21. The Morgan fingerprint density at radius 1 is 1.13 bits per heavy atom. The zero-order valence-corrected chi connectivity index (χ0v) is 13.0. The number of anilines is 1. The lowest BCUT2D eigenvalue weighted by Crippen LogP contribution is -2.30. The summed E-state index contributed by atoms with van der Waals surface area (Å²) >= 11 is 6.02. The predicted molar refractivity (Wildman–Crippen MR) is 82.1 cm³/mol. The largest absolute Gasteiger partial charge is 0.471 e. The molecule has 2 aromatic rings. The van der Waals surface area contributed by atoms with Crippen LogP contribution in [0.25, 0.3) is 0 Å². The number of aryl methyl sites for hydroxylation is 2. The topological polar surface area (TPSA) is 38.3 Å². The van der Waals surface area contributed by atoms with Crippen LogP contribution < -0.4 is 10.1 Å². The third-order valence-corrected chi connectivity index (χ3v) is 3.33. The molecule has 0 bridgehead atoms. The number of carbonyl (C=O) groups is 1. The second-order valence-electron chi connectivity index (χ2n) is 4.96. The van der Waals surface area contributed by atoms with Crippen molar-refractivity contribution in [1.29, 1.82) is 0 Å². The van der Waals surface area contributed by atoms with Gasteiger partial charge in [0, 0.05) is 5.69 Å². The lowest BCUT2D eigenvalue weighted by molar-refractivity contribution is -0.167. The van der Waals surface area contributed by atoms with Crippen molar-refractivity contribution in [3.05, 3.63) is 52.5 Å². The van der Waals surface area contributed by atoms with Crippen molar-refractivity contribution in [2.45, 2.75) is 20.0 Å². The number of ether oxygens (including phenoxy) is 1. The molecule has 3 nitrogen and oxygen atoms in total. The van der Waals surface area contributed by atoms with Gasteiger partial charge in [0.15, 0.2) is 0 Å². The molecule has 0 atom stereocenters. The van der Waals surface area contributed by atoms with E-state index in [1.807, 2.05) is 19.1 Å². The van der Waals surface area contributed by atoms with Gasteiger partial charge in [-0.05, 0) is 43.7 Å². The van der Waals surface area contributed by atoms with Crippen molar-refractivity contribution in [3.8, 4) is 11.5 Å². The molecule has 2 aromatic carbocycles. The molecule has 2 rings (SSSR count). The fourth-order valence-electron chi connectivity index (χ4n) is 1.79. The zero-order chi connectivity index (χ0) is 17.2. The standard InChI is InChI=1S/C16H13ClF3NO2/c1-9-3-5-11(6-4-9)23-14-7-10(2)13(8-12(14)17)21-15(22)16(18,19)20/h3-8H,1-2H3,(H,21,22). The highest BCUT2D eigenvalue weighted by molar-refractivity contribution is 6.32. The lowest BCUT2D eigenvalue weighted by atomic mass is 10.2. The molecule has 0 saturated heterocycles. The molecule has 0 aromatic heterocycles. The summed E-state index contributed by atoms with van der Waals surface area (Å²) < 4.78 is 42.5. The van der Waals surface area contributed by atoms with E-state index in [2.05, 4.69) is 0 Å². The number of amides is 1. The summed E-state index contributed by atoms with van der Waals surface area (Å²) in [5.74, 6) is -1.22. The molecule has 1 amide bonds. The van der Waals surface area contributed by atoms with Crippen LogP contribution in [-0.4, -0.2) is 12.1 Å². The van der Waals surface area contributed by atoms with Crippen molar-refractivity contribution in [2.24, 2.45) is 0 Å². The smallest absolute Gasteiger partial charge is 0.456 e. The Labute approximate surface area is 136 Å². The van der Waals surface area contributed by atoms with Crippen molar-refractivity contribution in [1.82, 2.24) is 0 Å². The number of benzene rings is 2. The van der Waals surface area contributed by atoms with E-state index in [1.54, 1.807) is 24.4 Å². The minimum absolute atomic E-state index is 0.0198. The maximum atomic E-state index is 12.3. The first-order chi connectivity index (χ1) is 10.7. The van der Waals surface area contributed by atoms with Crippen molar-refractivity contribution >= 4 is 23.2 Å². The number of halogens is 4. The van der Waals surface area contributed by atoms with Crippen LogP contribution in [0.4, 0.5) is 18.9 Å². The summed E-state index contributed by atoms with van der Waals surface area (Å²) in [6.45, 7) is 3.48. The van der Waals surface area contributed by atoms with Crippen LogP contribution in [-0.2, 0) is 4.79 Å². The molecule has 0 saturated carbocycles. The van der Waals surface area contributed by atoms with Gasteiger partial charge in [0.2, 0.25) is 0 Å². The van der Waals surface area contributed by atoms with Crippen LogP contribution in [0.15, 0.2) is 36.4 Å². The second kappa shape index (κ2) is 6.50. The summed E-state index contributed by atoms with van der Waals surface area (Å²) in [6, 6.07) is 9.90. The van der Waals surface area contributed by atoms with Crippen LogP contribution in [0.3, 0.4) is 0 Å². The third-order valence-electron chi connectivity index (χ3n) is 3.03. The first kappa shape index (κ1) is 17.1. The first-order valence-corrected chi connectivity index (χ1v) is 6.97. The van der Waals surface area contributed by atoms with Gasteiger partial charge in [-0.25, -0.2) is 0 Å². The van der Waals surface area contributed by atoms with E-state index in [1.165, 1.54) is 12.1 Å². The van der Waals surface area contributed by atoms with Gasteiger partial charge in [0.25, 0.3) is 0 Å². The van der Waals surface area contributed by atoms with Crippen LogP contribution in [0.5, 0.6) is 11.5 Å². The van der Waals surface area contributed by atoms with E-state index in [4.69, 9.17) is 16.3 Å². The average molecular weight is 344 g/mol.